The molecule has 0 saturated heterocycles. The molecular formula is C17H18ClNO3. The number of nitrogens with one attached hydrogen (secondary N) is 1. The second kappa shape index (κ2) is 7.71. The average molecular weight is 320 g/mol. The van der Waals surface area contributed by atoms with Crippen LogP contribution in [0.5, 0.6) is 11.5 Å². The van der Waals surface area contributed by atoms with Crippen molar-refractivity contribution in [1.82, 2.24) is 5.32 Å². The van der Waals surface area contributed by atoms with E-state index in [1.165, 1.54) is 0 Å². The van der Waals surface area contributed by atoms with Crippen molar-refractivity contribution in [2.45, 2.75) is 19.6 Å². The highest BCUT2D eigenvalue weighted by molar-refractivity contribution is 6.31. The van der Waals surface area contributed by atoms with Crippen molar-refractivity contribution >= 4 is 17.5 Å². The number of hydrogen-bond donors (Lipinski definition) is 1. The van der Waals surface area contributed by atoms with Gasteiger partial charge in [-0.15, -0.1) is 0 Å². The molecule has 0 aliphatic heterocycles. The molecule has 0 unspecified atom stereocenters. The van der Waals surface area contributed by atoms with E-state index >= 15 is 0 Å². The van der Waals surface area contributed by atoms with Gasteiger partial charge in [-0.2, -0.15) is 0 Å². The molecule has 0 aromatic heterocycles. The molecule has 0 heterocycles. The van der Waals surface area contributed by atoms with Crippen molar-refractivity contribution < 1.29 is 14.3 Å². The minimum absolute atomic E-state index is 0.217. The van der Waals surface area contributed by atoms with Crippen LogP contribution < -0.4 is 14.8 Å². The summed E-state index contributed by atoms with van der Waals surface area (Å²) in [5, 5.41) is 3.43. The van der Waals surface area contributed by atoms with Gasteiger partial charge in [-0.1, -0.05) is 41.9 Å². The maximum atomic E-state index is 12.1. The fraction of sp³-hybridized carbons (Fsp3) is 0.235. The van der Waals surface area contributed by atoms with E-state index in [2.05, 4.69) is 5.32 Å². The van der Waals surface area contributed by atoms with Crippen molar-refractivity contribution in [2.24, 2.45) is 0 Å². The lowest BCUT2D eigenvalue weighted by atomic mass is 10.2. The van der Waals surface area contributed by atoms with Crippen molar-refractivity contribution in [3.8, 4) is 11.5 Å². The Morgan fingerprint density at radius 3 is 2.45 bits per heavy atom. The lowest BCUT2D eigenvalue weighted by molar-refractivity contribution is -0.127. The smallest absolute Gasteiger partial charge is 0.261 e. The predicted molar refractivity (Wildman–Crippen MR) is 86.4 cm³/mol. The average Bonchev–Trinajstić information content (AvgIpc) is 2.54. The Labute approximate surface area is 135 Å². The molecule has 0 saturated carbocycles. The van der Waals surface area contributed by atoms with Crippen molar-refractivity contribution in [1.29, 1.82) is 0 Å². The third kappa shape index (κ3) is 4.15. The second-order valence-electron chi connectivity index (χ2n) is 4.72. The third-order valence-corrected chi connectivity index (χ3v) is 3.52. The molecule has 1 N–H and O–H groups in total. The van der Waals surface area contributed by atoms with Gasteiger partial charge in [-0.25, -0.2) is 0 Å². The molecule has 1 atom stereocenters. The number of carbonyl (C=O) groups excluding carboxylic acids is 1. The van der Waals surface area contributed by atoms with E-state index in [4.69, 9.17) is 21.1 Å². The first-order valence-corrected chi connectivity index (χ1v) is 7.30. The molecular weight excluding hydrogens is 302 g/mol. The summed E-state index contributed by atoms with van der Waals surface area (Å²) in [6.45, 7) is 2.05. The van der Waals surface area contributed by atoms with Crippen LogP contribution in [-0.2, 0) is 11.3 Å². The SMILES string of the molecule is COc1ccccc1O[C@H](C)C(=O)NCc1ccccc1Cl. The number of para-hydroxylation sites is 2. The second-order valence-corrected chi connectivity index (χ2v) is 5.13. The van der Waals surface area contributed by atoms with Crippen LogP contribution in [0.15, 0.2) is 48.5 Å². The number of methoxy groups -OCH3 is 1. The maximum absolute atomic E-state index is 12.1. The normalized spacial score (nSPS) is 11.6. The topological polar surface area (TPSA) is 47.6 Å². The van der Waals surface area contributed by atoms with Crippen LogP contribution >= 0.6 is 11.6 Å². The highest BCUT2D eigenvalue weighted by Gasteiger charge is 2.16. The molecule has 1 amide bonds. The lowest BCUT2D eigenvalue weighted by Gasteiger charge is -2.16. The van der Waals surface area contributed by atoms with Gasteiger partial charge in [0.1, 0.15) is 0 Å². The Morgan fingerprint density at radius 2 is 1.77 bits per heavy atom. The van der Waals surface area contributed by atoms with Crippen molar-refractivity contribution in [3.63, 3.8) is 0 Å². The predicted octanol–water partition coefficient (Wildman–Crippen LogP) is 3.43. The highest BCUT2D eigenvalue weighted by Crippen LogP contribution is 2.26. The van der Waals surface area contributed by atoms with Crippen LogP contribution in [0.2, 0.25) is 5.02 Å². The zero-order valence-corrected chi connectivity index (χ0v) is 13.3. The molecule has 2 aromatic rings. The zero-order valence-electron chi connectivity index (χ0n) is 12.5. The summed E-state index contributed by atoms with van der Waals surface area (Å²) in [6, 6.07) is 14.6. The fourth-order valence-electron chi connectivity index (χ4n) is 1.93. The quantitative estimate of drug-likeness (QED) is 0.887. The van der Waals surface area contributed by atoms with Crippen LogP contribution in [-0.4, -0.2) is 19.1 Å². The molecule has 5 heteroatoms. The summed E-state index contributed by atoms with van der Waals surface area (Å²) in [5.74, 6) is 0.907. The molecule has 116 valence electrons. The van der Waals surface area contributed by atoms with Gasteiger partial charge < -0.3 is 14.8 Å². The number of amides is 1. The number of halogens is 1. The monoisotopic (exact) mass is 319 g/mol. The molecule has 22 heavy (non-hydrogen) atoms. The first-order chi connectivity index (χ1) is 10.6. The van der Waals surface area contributed by atoms with E-state index < -0.39 is 6.10 Å². The minimum atomic E-state index is -0.640. The number of benzene rings is 2. The number of ether oxygens (including phenoxy) is 2. The Morgan fingerprint density at radius 1 is 1.14 bits per heavy atom. The van der Waals surface area contributed by atoms with E-state index in [-0.39, 0.29) is 5.91 Å². The molecule has 2 aromatic carbocycles. The molecule has 0 fully saturated rings. The summed E-state index contributed by atoms with van der Waals surface area (Å²) in [6.07, 6.45) is -0.640. The van der Waals surface area contributed by atoms with Gasteiger partial charge in [0, 0.05) is 11.6 Å². The van der Waals surface area contributed by atoms with Gasteiger partial charge >= 0.3 is 0 Å². The summed E-state index contributed by atoms with van der Waals surface area (Å²) in [7, 11) is 1.56. The Bertz CT molecular complexity index is 645. The van der Waals surface area contributed by atoms with Crippen LogP contribution in [0, 0.1) is 0 Å². The van der Waals surface area contributed by atoms with Gasteiger partial charge in [0.05, 0.1) is 7.11 Å². The summed E-state index contributed by atoms with van der Waals surface area (Å²) in [4.78, 5) is 12.1. The van der Waals surface area contributed by atoms with Crippen LogP contribution in [0.3, 0.4) is 0 Å². The Hall–Kier alpha value is -2.20. The fourth-order valence-corrected chi connectivity index (χ4v) is 2.13. The van der Waals surface area contributed by atoms with Crippen LogP contribution in [0.1, 0.15) is 12.5 Å². The van der Waals surface area contributed by atoms with Gasteiger partial charge in [-0.3, -0.25) is 4.79 Å². The van der Waals surface area contributed by atoms with Gasteiger partial charge in [0.25, 0.3) is 5.91 Å². The highest BCUT2D eigenvalue weighted by atomic mass is 35.5. The zero-order chi connectivity index (χ0) is 15.9. The molecule has 0 radical (unpaired) electrons. The minimum Gasteiger partial charge on any atom is -0.493 e. The summed E-state index contributed by atoms with van der Waals surface area (Å²) in [5.41, 5.74) is 0.863. The molecule has 0 aliphatic rings. The standard InChI is InChI=1S/C17H18ClNO3/c1-12(22-16-10-6-5-9-15(16)21-2)17(20)19-11-13-7-3-4-8-14(13)18/h3-10,12H,11H2,1-2H3,(H,19,20)/t12-/m1/s1. The van der Waals surface area contributed by atoms with Crippen molar-refractivity contribution in [3.05, 3.63) is 59.1 Å². The summed E-state index contributed by atoms with van der Waals surface area (Å²) < 4.78 is 10.8. The maximum Gasteiger partial charge on any atom is 0.261 e. The van der Waals surface area contributed by atoms with E-state index in [1.807, 2.05) is 30.3 Å². The Kier molecular flexibility index (Phi) is 5.67. The number of hydrogen-bond acceptors (Lipinski definition) is 3. The molecule has 0 aliphatic carbocycles. The number of carbonyl (C=O) groups is 1. The lowest BCUT2D eigenvalue weighted by Crippen LogP contribution is -2.36. The molecule has 2 rings (SSSR count). The van der Waals surface area contributed by atoms with Crippen LogP contribution in [0.25, 0.3) is 0 Å². The molecule has 0 spiro atoms. The first-order valence-electron chi connectivity index (χ1n) is 6.92. The number of rotatable bonds is 6. The van der Waals surface area contributed by atoms with E-state index in [0.717, 1.165) is 5.56 Å². The van der Waals surface area contributed by atoms with Gasteiger partial charge in [0.15, 0.2) is 17.6 Å². The molecule has 4 nitrogen and oxygen atoms in total. The summed E-state index contributed by atoms with van der Waals surface area (Å²) >= 11 is 6.06. The molecule has 0 bridgehead atoms. The van der Waals surface area contributed by atoms with E-state index in [9.17, 15) is 4.79 Å². The van der Waals surface area contributed by atoms with Gasteiger partial charge in [-0.05, 0) is 30.7 Å². The first kappa shape index (κ1) is 16.2. The van der Waals surface area contributed by atoms with Crippen LogP contribution in [0.4, 0.5) is 0 Å². The van der Waals surface area contributed by atoms with Crippen molar-refractivity contribution in [2.75, 3.05) is 7.11 Å². The Balaban J connectivity index is 1.94. The third-order valence-electron chi connectivity index (χ3n) is 3.15. The largest absolute Gasteiger partial charge is 0.493 e. The van der Waals surface area contributed by atoms with E-state index in [0.29, 0.717) is 23.1 Å². The van der Waals surface area contributed by atoms with E-state index in [1.54, 1.807) is 32.2 Å². The van der Waals surface area contributed by atoms with Gasteiger partial charge in [0.2, 0.25) is 0 Å².